The topological polar surface area (TPSA) is 0 Å². The van der Waals surface area contributed by atoms with Crippen LogP contribution in [-0.2, 0) is 0 Å². The Hall–Kier alpha value is -0.490. The van der Waals surface area contributed by atoms with Gasteiger partial charge in [-0.25, -0.2) is 0 Å². The van der Waals surface area contributed by atoms with E-state index in [2.05, 4.69) is 19.9 Å². The van der Waals surface area contributed by atoms with Crippen molar-refractivity contribution in [3.8, 4) is 0 Å². The van der Waals surface area contributed by atoms with Crippen LogP contribution in [0.3, 0.4) is 0 Å². The van der Waals surface area contributed by atoms with Crippen LogP contribution in [-0.4, -0.2) is 0 Å². The molecule has 1 aromatic carbocycles. The van der Waals surface area contributed by atoms with Crippen molar-refractivity contribution in [2.45, 2.75) is 26.2 Å². The molecule has 0 heterocycles. The van der Waals surface area contributed by atoms with Crippen LogP contribution in [0.25, 0.3) is 0 Å². The van der Waals surface area contributed by atoms with Gasteiger partial charge >= 0.3 is 0 Å². The molecular formula is C10H12Cl. The number of benzene rings is 1. The molecule has 0 saturated heterocycles. The zero-order valence-electron chi connectivity index (χ0n) is 6.89. The second kappa shape index (κ2) is 3.77. The zero-order chi connectivity index (χ0) is 8.27. The first kappa shape index (κ1) is 8.61. The molecule has 0 aliphatic carbocycles. The first-order valence-corrected chi connectivity index (χ1v) is 4.29. The van der Waals surface area contributed by atoms with Gasteiger partial charge in [0, 0.05) is 5.02 Å². The molecule has 0 bridgehead atoms. The molecule has 0 N–H and O–H groups in total. The van der Waals surface area contributed by atoms with Crippen LogP contribution in [0.15, 0.2) is 18.2 Å². The first-order chi connectivity index (χ1) is 5.24. The quantitative estimate of drug-likeness (QED) is 0.631. The lowest BCUT2D eigenvalue weighted by molar-refractivity contribution is 0.732. The summed E-state index contributed by atoms with van der Waals surface area (Å²) in [5, 5.41) is 0.805. The number of hydrogen-bond acceptors (Lipinski definition) is 0. The Morgan fingerprint density at radius 3 is 2.91 bits per heavy atom. The van der Waals surface area contributed by atoms with E-state index in [4.69, 9.17) is 11.6 Å². The summed E-state index contributed by atoms with van der Waals surface area (Å²) in [4.78, 5) is 0. The SMILES string of the molecule is CCC(C)c1[c]ccc(Cl)c1. The summed E-state index contributed by atoms with van der Waals surface area (Å²) in [5.74, 6) is 0.564. The van der Waals surface area contributed by atoms with Gasteiger partial charge in [0.2, 0.25) is 0 Å². The van der Waals surface area contributed by atoms with Crippen molar-refractivity contribution in [3.05, 3.63) is 34.9 Å². The Balaban J connectivity index is 2.86. The molecule has 0 nitrogen and oxygen atoms in total. The highest BCUT2D eigenvalue weighted by atomic mass is 35.5. The third-order valence-electron chi connectivity index (χ3n) is 1.93. The second-order valence-corrected chi connectivity index (χ2v) is 3.21. The van der Waals surface area contributed by atoms with Crippen LogP contribution < -0.4 is 0 Å². The molecule has 1 heteroatoms. The third kappa shape index (κ3) is 2.23. The van der Waals surface area contributed by atoms with E-state index in [9.17, 15) is 0 Å². The minimum Gasteiger partial charge on any atom is -0.0843 e. The molecule has 0 saturated carbocycles. The van der Waals surface area contributed by atoms with Gasteiger partial charge in [0.15, 0.2) is 0 Å². The summed E-state index contributed by atoms with van der Waals surface area (Å²) in [6.45, 7) is 4.35. The number of hydrogen-bond donors (Lipinski definition) is 0. The lowest BCUT2D eigenvalue weighted by Crippen LogP contribution is -1.90. The van der Waals surface area contributed by atoms with Crippen LogP contribution in [0.2, 0.25) is 5.02 Å². The maximum Gasteiger partial charge on any atom is 0.0409 e. The van der Waals surface area contributed by atoms with Crippen molar-refractivity contribution in [2.75, 3.05) is 0 Å². The molecule has 0 amide bonds. The van der Waals surface area contributed by atoms with E-state index in [1.807, 2.05) is 18.2 Å². The van der Waals surface area contributed by atoms with E-state index in [0.717, 1.165) is 11.4 Å². The number of halogens is 1. The Labute approximate surface area is 73.2 Å². The maximum atomic E-state index is 5.83. The lowest BCUT2D eigenvalue weighted by atomic mass is 9.99. The van der Waals surface area contributed by atoms with Gasteiger partial charge in [0.25, 0.3) is 0 Å². The highest BCUT2D eigenvalue weighted by Crippen LogP contribution is 2.20. The second-order valence-electron chi connectivity index (χ2n) is 2.77. The van der Waals surface area contributed by atoms with Crippen molar-refractivity contribution in [1.82, 2.24) is 0 Å². The van der Waals surface area contributed by atoms with Crippen LogP contribution >= 0.6 is 11.6 Å². The normalized spacial score (nSPS) is 13.0. The molecule has 0 spiro atoms. The van der Waals surface area contributed by atoms with E-state index in [1.165, 1.54) is 5.56 Å². The standard InChI is InChI=1S/C10H12Cl/c1-3-8(2)9-5-4-6-10(11)7-9/h4,6-8H,3H2,1-2H3. The van der Waals surface area contributed by atoms with E-state index >= 15 is 0 Å². The fourth-order valence-electron chi connectivity index (χ4n) is 0.960. The van der Waals surface area contributed by atoms with E-state index in [-0.39, 0.29) is 0 Å². The molecule has 1 unspecified atom stereocenters. The third-order valence-corrected chi connectivity index (χ3v) is 2.16. The Morgan fingerprint density at radius 1 is 1.64 bits per heavy atom. The van der Waals surface area contributed by atoms with Crippen LogP contribution in [0.1, 0.15) is 31.7 Å². The Kier molecular flexibility index (Phi) is 2.95. The summed E-state index contributed by atoms with van der Waals surface area (Å²) in [6, 6.07) is 8.89. The van der Waals surface area contributed by atoms with Gasteiger partial charge in [0.05, 0.1) is 0 Å². The van der Waals surface area contributed by atoms with E-state index < -0.39 is 0 Å². The first-order valence-electron chi connectivity index (χ1n) is 3.91. The molecule has 1 rings (SSSR count). The van der Waals surface area contributed by atoms with Crippen LogP contribution in [0.4, 0.5) is 0 Å². The summed E-state index contributed by atoms with van der Waals surface area (Å²) in [5.41, 5.74) is 1.21. The van der Waals surface area contributed by atoms with Gasteiger partial charge in [-0.2, -0.15) is 0 Å². The largest absolute Gasteiger partial charge is 0.0843 e. The molecule has 0 fully saturated rings. The highest BCUT2D eigenvalue weighted by molar-refractivity contribution is 6.30. The predicted molar refractivity (Wildman–Crippen MR) is 49.0 cm³/mol. The molecule has 0 aromatic heterocycles. The highest BCUT2D eigenvalue weighted by Gasteiger charge is 2.01. The van der Waals surface area contributed by atoms with Crippen molar-refractivity contribution in [2.24, 2.45) is 0 Å². The Bertz CT molecular complexity index is 230. The molecule has 11 heavy (non-hydrogen) atoms. The number of rotatable bonds is 2. The fraction of sp³-hybridized carbons (Fsp3) is 0.400. The monoisotopic (exact) mass is 167 g/mol. The molecule has 59 valence electrons. The van der Waals surface area contributed by atoms with Gasteiger partial charge in [0.1, 0.15) is 0 Å². The van der Waals surface area contributed by atoms with Crippen LogP contribution in [0.5, 0.6) is 0 Å². The molecular weight excluding hydrogens is 156 g/mol. The average molecular weight is 168 g/mol. The fourth-order valence-corrected chi connectivity index (χ4v) is 1.14. The summed E-state index contributed by atoms with van der Waals surface area (Å²) in [6.07, 6.45) is 1.14. The van der Waals surface area contributed by atoms with E-state index in [1.54, 1.807) is 0 Å². The summed E-state index contributed by atoms with van der Waals surface area (Å²) < 4.78 is 0. The predicted octanol–water partition coefficient (Wildman–Crippen LogP) is 3.65. The minimum atomic E-state index is 0.564. The van der Waals surface area contributed by atoms with E-state index in [0.29, 0.717) is 5.92 Å². The van der Waals surface area contributed by atoms with Crippen molar-refractivity contribution in [3.63, 3.8) is 0 Å². The molecule has 1 aromatic rings. The molecule has 0 aliphatic rings. The van der Waals surface area contributed by atoms with Crippen molar-refractivity contribution in [1.29, 1.82) is 0 Å². The van der Waals surface area contributed by atoms with Crippen LogP contribution in [0, 0.1) is 6.07 Å². The van der Waals surface area contributed by atoms with Gasteiger partial charge < -0.3 is 0 Å². The summed E-state index contributed by atoms with van der Waals surface area (Å²) >= 11 is 5.83. The Morgan fingerprint density at radius 2 is 2.36 bits per heavy atom. The zero-order valence-corrected chi connectivity index (χ0v) is 7.65. The summed E-state index contributed by atoms with van der Waals surface area (Å²) in [7, 11) is 0. The molecule has 1 radical (unpaired) electrons. The van der Waals surface area contributed by atoms with Crippen molar-refractivity contribution < 1.29 is 0 Å². The van der Waals surface area contributed by atoms with Gasteiger partial charge in [-0.15, -0.1) is 0 Å². The van der Waals surface area contributed by atoms with Gasteiger partial charge in [-0.05, 0) is 36.1 Å². The average Bonchev–Trinajstić information content (AvgIpc) is 2.03. The maximum absolute atomic E-state index is 5.83. The van der Waals surface area contributed by atoms with Gasteiger partial charge in [-0.1, -0.05) is 31.5 Å². The lowest BCUT2D eigenvalue weighted by Gasteiger charge is -2.07. The minimum absolute atomic E-state index is 0.564. The van der Waals surface area contributed by atoms with Crippen molar-refractivity contribution >= 4 is 11.6 Å². The van der Waals surface area contributed by atoms with Gasteiger partial charge in [-0.3, -0.25) is 0 Å². The smallest absolute Gasteiger partial charge is 0.0409 e. The molecule has 1 atom stereocenters. The molecule has 0 aliphatic heterocycles.